The molecule has 0 aliphatic rings. The molecule has 0 spiro atoms. The molecule has 0 saturated carbocycles. The number of nitrogens with zero attached hydrogens (tertiary/aromatic N) is 2. The maximum absolute atomic E-state index is 12.5. The van der Waals surface area contributed by atoms with Crippen molar-refractivity contribution in [1.82, 2.24) is 10.3 Å². The summed E-state index contributed by atoms with van der Waals surface area (Å²) < 4.78 is 12.3. The lowest BCUT2D eigenvalue weighted by molar-refractivity contribution is -0.123. The monoisotopic (exact) mass is 686 g/mol. The molecule has 1 amide bonds. The number of ether oxygens (including phenoxy) is 2. The second-order valence-electron chi connectivity index (χ2n) is 11.6. The highest BCUT2D eigenvalue weighted by Crippen LogP contribution is 2.56. The molecule has 1 aromatic heterocycles. The number of benzene rings is 5. The van der Waals surface area contributed by atoms with E-state index in [-0.39, 0.29) is 24.0 Å². The fraction of sp³-hybridized carbons (Fsp3) is 0.175. The van der Waals surface area contributed by atoms with Gasteiger partial charge in [0.2, 0.25) is 0 Å². The van der Waals surface area contributed by atoms with E-state index in [0.29, 0.717) is 28.6 Å². The van der Waals surface area contributed by atoms with Crippen molar-refractivity contribution in [2.45, 2.75) is 25.7 Å². The average molecular weight is 687 g/mol. The highest BCUT2D eigenvalue weighted by atomic mass is 32.1. The standard InChI is InChI=1S/C40H36N3O4PS/c41-28-40-43-35-22-20-31(27-38(35)49-40)47-37-23-21-30(26-36(37)44)46-29-39(45)42-24-12-1-2-13-25-48(32-14-6-3-7-15-32,33-16-8-4-9-17-33)34-18-10-5-11-19-34/h3-11,14-23,26-27H,1-2,12-13,24-25,29H2,(H-,42,44,45)/p+1. The SMILES string of the molecule is N#Cc1nc2ccc(Oc3ccc(OCC(=O)NCCCCCC[P+](c4ccccc4)(c4ccccc4)c4ccccc4)cc3O)cc2s1. The van der Waals surface area contributed by atoms with E-state index in [1.165, 1.54) is 33.3 Å². The summed E-state index contributed by atoms with van der Waals surface area (Å²) >= 11 is 1.27. The zero-order valence-corrected chi connectivity index (χ0v) is 28.7. The third-order valence-electron chi connectivity index (χ3n) is 8.32. The largest absolute Gasteiger partial charge is 0.504 e. The number of aromatic hydroxyl groups is 1. The quantitative estimate of drug-likeness (QED) is 0.0847. The number of aromatic nitrogens is 1. The van der Waals surface area contributed by atoms with Crippen LogP contribution in [-0.4, -0.2) is 35.3 Å². The number of rotatable bonds is 15. The number of fused-ring (bicyclic) bond motifs is 1. The number of hydrogen-bond acceptors (Lipinski definition) is 7. The van der Waals surface area contributed by atoms with Crippen molar-refractivity contribution in [2.24, 2.45) is 0 Å². The summed E-state index contributed by atoms with van der Waals surface area (Å²) in [6.07, 6.45) is 5.16. The molecule has 9 heteroatoms. The molecule has 0 unspecified atom stereocenters. The fourth-order valence-electron chi connectivity index (χ4n) is 5.95. The van der Waals surface area contributed by atoms with E-state index in [1.807, 2.05) is 6.07 Å². The molecular formula is C40H37N3O4PS+. The van der Waals surface area contributed by atoms with Crippen molar-refractivity contribution >= 4 is 50.6 Å². The van der Waals surface area contributed by atoms with Crippen LogP contribution in [0.5, 0.6) is 23.0 Å². The predicted molar refractivity (Wildman–Crippen MR) is 200 cm³/mol. The normalized spacial score (nSPS) is 11.2. The summed E-state index contributed by atoms with van der Waals surface area (Å²) in [4.78, 5) is 16.7. The maximum atomic E-state index is 12.5. The summed E-state index contributed by atoms with van der Waals surface area (Å²) in [6.45, 7) is 0.428. The third-order valence-corrected chi connectivity index (χ3v) is 13.8. The van der Waals surface area contributed by atoms with Gasteiger partial charge < -0.3 is 19.9 Å². The molecule has 0 radical (unpaired) electrons. The van der Waals surface area contributed by atoms with Crippen molar-refractivity contribution in [3.8, 4) is 29.1 Å². The van der Waals surface area contributed by atoms with Crippen molar-refractivity contribution in [1.29, 1.82) is 5.26 Å². The molecule has 0 aliphatic carbocycles. The Morgan fingerprint density at radius 2 is 1.39 bits per heavy atom. The number of carbonyl (C=O) groups excluding carboxylic acids is 1. The first-order valence-corrected chi connectivity index (χ1v) is 19.1. The molecule has 0 fully saturated rings. The van der Waals surface area contributed by atoms with Crippen LogP contribution in [0.2, 0.25) is 0 Å². The highest BCUT2D eigenvalue weighted by molar-refractivity contribution is 7.95. The lowest BCUT2D eigenvalue weighted by Gasteiger charge is -2.27. The van der Waals surface area contributed by atoms with Crippen molar-refractivity contribution in [2.75, 3.05) is 19.3 Å². The number of thiazole rings is 1. The van der Waals surface area contributed by atoms with Gasteiger partial charge in [0.1, 0.15) is 40.7 Å². The minimum atomic E-state index is -1.82. The molecule has 246 valence electrons. The number of phenolic OH excluding ortho intramolecular Hbond substituents is 1. The number of carbonyl (C=O) groups is 1. The van der Waals surface area contributed by atoms with Gasteiger partial charge in [-0.1, -0.05) is 61.0 Å². The Bertz CT molecular complexity index is 1940. The zero-order valence-electron chi connectivity index (χ0n) is 27.0. The topological polar surface area (TPSA) is 104 Å². The number of nitrogens with one attached hydrogen (secondary N) is 1. The second kappa shape index (κ2) is 16.3. The van der Waals surface area contributed by atoms with E-state index >= 15 is 0 Å². The first kappa shape index (κ1) is 33.7. The molecule has 49 heavy (non-hydrogen) atoms. The molecule has 6 aromatic rings. The number of phenols is 1. The van der Waals surface area contributed by atoms with Crippen LogP contribution >= 0.6 is 18.6 Å². The number of unbranched alkanes of at least 4 members (excludes halogenated alkanes) is 3. The van der Waals surface area contributed by atoms with E-state index in [4.69, 9.17) is 14.7 Å². The van der Waals surface area contributed by atoms with E-state index in [1.54, 1.807) is 30.3 Å². The van der Waals surface area contributed by atoms with Crippen LogP contribution in [0.3, 0.4) is 0 Å². The van der Waals surface area contributed by atoms with Gasteiger partial charge in [0.25, 0.3) is 5.91 Å². The number of nitriles is 1. The minimum absolute atomic E-state index is 0.113. The van der Waals surface area contributed by atoms with Gasteiger partial charge in [0.05, 0.1) is 16.4 Å². The molecule has 0 bridgehead atoms. The third kappa shape index (κ3) is 8.26. The Kier molecular flexibility index (Phi) is 11.2. The van der Waals surface area contributed by atoms with Crippen molar-refractivity contribution in [3.63, 3.8) is 0 Å². The van der Waals surface area contributed by atoms with E-state index in [0.717, 1.165) is 36.5 Å². The fourth-order valence-corrected chi connectivity index (χ4v) is 11.2. The van der Waals surface area contributed by atoms with Crippen LogP contribution in [0.4, 0.5) is 0 Å². The van der Waals surface area contributed by atoms with E-state index in [2.05, 4.69) is 101 Å². The van der Waals surface area contributed by atoms with Gasteiger partial charge in [-0.15, -0.1) is 11.3 Å². The molecule has 0 saturated heterocycles. The molecule has 5 aromatic carbocycles. The molecular weight excluding hydrogens is 649 g/mol. The van der Waals surface area contributed by atoms with Gasteiger partial charge in [-0.3, -0.25) is 4.79 Å². The first-order valence-electron chi connectivity index (χ1n) is 16.3. The summed E-state index contributed by atoms with van der Waals surface area (Å²) in [6, 6.07) is 44.8. The zero-order chi connectivity index (χ0) is 33.9. The summed E-state index contributed by atoms with van der Waals surface area (Å²) in [7, 11) is -1.82. The Morgan fingerprint density at radius 3 is 2.00 bits per heavy atom. The van der Waals surface area contributed by atoms with Crippen LogP contribution in [0.15, 0.2) is 127 Å². The van der Waals surface area contributed by atoms with Gasteiger partial charge in [-0.2, -0.15) is 5.26 Å². The van der Waals surface area contributed by atoms with Gasteiger partial charge in [0.15, 0.2) is 23.1 Å². The molecule has 7 nitrogen and oxygen atoms in total. The molecule has 0 aliphatic heterocycles. The Morgan fingerprint density at radius 1 is 0.776 bits per heavy atom. The second-order valence-corrected chi connectivity index (χ2v) is 16.2. The summed E-state index contributed by atoms with van der Waals surface area (Å²) in [5.74, 6) is 0.791. The smallest absolute Gasteiger partial charge is 0.257 e. The van der Waals surface area contributed by atoms with E-state index in [9.17, 15) is 9.90 Å². The minimum Gasteiger partial charge on any atom is -0.504 e. The van der Waals surface area contributed by atoms with Gasteiger partial charge in [0, 0.05) is 18.7 Å². The van der Waals surface area contributed by atoms with Crippen molar-refractivity contribution < 1.29 is 19.4 Å². The van der Waals surface area contributed by atoms with Gasteiger partial charge in [-0.25, -0.2) is 4.98 Å². The molecule has 6 rings (SSSR count). The molecule has 2 N–H and O–H groups in total. The van der Waals surface area contributed by atoms with Crippen molar-refractivity contribution in [3.05, 3.63) is 132 Å². The lowest BCUT2D eigenvalue weighted by atomic mass is 10.2. The Balaban J connectivity index is 0.958. The van der Waals surface area contributed by atoms with Gasteiger partial charge in [-0.05, 0) is 79.9 Å². The maximum Gasteiger partial charge on any atom is 0.257 e. The van der Waals surface area contributed by atoms with E-state index < -0.39 is 7.26 Å². The predicted octanol–water partition coefficient (Wildman–Crippen LogP) is 7.72. The van der Waals surface area contributed by atoms with Crippen LogP contribution in [-0.2, 0) is 4.79 Å². The van der Waals surface area contributed by atoms with Crippen LogP contribution in [0.1, 0.15) is 30.7 Å². The van der Waals surface area contributed by atoms with Crippen LogP contribution in [0.25, 0.3) is 10.2 Å². The lowest BCUT2D eigenvalue weighted by Crippen LogP contribution is -2.33. The van der Waals surface area contributed by atoms with Crippen LogP contribution in [0, 0.1) is 11.3 Å². The Hall–Kier alpha value is -5.22. The summed E-state index contributed by atoms with van der Waals surface area (Å²) in [5, 5.41) is 27.1. The van der Waals surface area contributed by atoms with Gasteiger partial charge >= 0.3 is 0 Å². The number of amides is 1. The Labute approximate surface area is 291 Å². The molecule has 0 atom stereocenters. The van der Waals surface area contributed by atoms with Crippen LogP contribution < -0.4 is 30.7 Å². The average Bonchev–Trinajstić information content (AvgIpc) is 3.57. The highest BCUT2D eigenvalue weighted by Gasteiger charge is 2.44. The number of hydrogen-bond donors (Lipinski definition) is 2. The first-order chi connectivity index (χ1) is 24.0. The summed E-state index contributed by atoms with van der Waals surface area (Å²) in [5.41, 5.74) is 0.717. The molecule has 1 heterocycles.